The molecule has 0 spiro atoms. The number of nitrogens with zero attached hydrogens (tertiary/aromatic N) is 2. The summed E-state index contributed by atoms with van der Waals surface area (Å²) in [4.78, 5) is 4.76. The van der Waals surface area contributed by atoms with Crippen molar-refractivity contribution in [1.29, 1.82) is 0 Å². The van der Waals surface area contributed by atoms with Crippen LogP contribution in [0.15, 0.2) is 54.7 Å². The molecule has 0 aliphatic rings. The van der Waals surface area contributed by atoms with Crippen LogP contribution in [-0.2, 0) is 10.8 Å². The van der Waals surface area contributed by atoms with Crippen molar-refractivity contribution in [2.45, 2.75) is 59.3 Å². The van der Waals surface area contributed by atoms with Crippen molar-refractivity contribution in [3.63, 3.8) is 0 Å². The van der Waals surface area contributed by atoms with Gasteiger partial charge < -0.3 is 0 Å². The number of pyridine rings is 1. The number of hydrogen-bond acceptors (Lipinski definition) is 1. The highest BCUT2D eigenvalue weighted by Gasteiger charge is 2.20. The van der Waals surface area contributed by atoms with Crippen LogP contribution in [-0.4, -0.2) is 9.55 Å². The van der Waals surface area contributed by atoms with Crippen molar-refractivity contribution in [3.8, 4) is 5.82 Å². The van der Waals surface area contributed by atoms with Crippen LogP contribution in [0.5, 0.6) is 0 Å². The van der Waals surface area contributed by atoms with Gasteiger partial charge in [0.05, 0.1) is 11.0 Å². The summed E-state index contributed by atoms with van der Waals surface area (Å²) in [6, 6.07) is 18.0. The maximum atomic E-state index is 4.76. The number of hydrogen-bond donors (Lipinski definition) is 0. The molecular formula is C26H30N2. The van der Waals surface area contributed by atoms with Crippen LogP contribution in [0.3, 0.4) is 0 Å². The zero-order chi connectivity index (χ0) is 20.3. The third-order valence-electron chi connectivity index (χ3n) is 5.63. The first-order valence-corrected chi connectivity index (χ1v) is 10.1. The maximum Gasteiger partial charge on any atom is 0.137 e. The van der Waals surface area contributed by atoms with E-state index < -0.39 is 0 Å². The number of rotatable bonds is 1. The molecule has 2 nitrogen and oxygen atoms in total. The summed E-state index contributed by atoms with van der Waals surface area (Å²) in [7, 11) is 0. The molecule has 0 radical (unpaired) electrons. The normalized spacial score (nSPS) is 12.8. The summed E-state index contributed by atoms with van der Waals surface area (Å²) in [5, 5.41) is 2.58. The number of benzene rings is 2. The van der Waals surface area contributed by atoms with Gasteiger partial charge in [-0.1, -0.05) is 59.7 Å². The molecule has 0 amide bonds. The van der Waals surface area contributed by atoms with Gasteiger partial charge in [-0.2, -0.15) is 0 Å². The highest BCUT2D eigenvalue weighted by atomic mass is 15.1. The fourth-order valence-electron chi connectivity index (χ4n) is 3.85. The van der Waals surface area contributed by atoms with Crippen LogP contribution in [0.2, 0.25) is 0 Å². The van der Waals surface area contributed by atoms with Gasteiger partial charge in [0.2, 0.25) is 0 Å². The summed E-state index contributed by atoms with van der Waals surface area (Å²) in [5.41, 5.74) is 6.57. The van der Waals surface area contributed by atoms with E-state index in [-0.39, 0.29) is 10.8 Å². The van der Waals surface area contributed by atoms with E-state index in [1.807, 2.05) is 6.20 Å². The molecule has 2 aromatic heterocycles. The van der Waals surface area contributed by atoms with Crippen LogP contribution in [0, 0.1) is 6.92 Å². The molecule has 0 saturated carbocycles. The van der Waals surface area contributed by atoms with E-state index >= 15 is 0 Å². The van der Waals surface area contributed by atoms with E-state index in [9.17, 15) is 0 Å². The number of fused-ring (bicyclic) bond motifs is 3. The van der Waals surface area contributed by atoms with Gasteiger partial charge >= 0.3 is 0 Å². The minimum Gasteiger partial charge on any atom is -0.294 e. The van der Waals surface area contributed by atoms with Crippen molar-refractivity contribution in [2.75, 3.05) is 0 Å². The van der Waals surface area contributed by atoms with E-state index in [2.05, 4.69) is 102 Å². The molecule has 0 aliphatic heterocycles. The number of aryl methyl sites for hydroxylation is 1. The van der Waals surface area contributed by atoms with Crippen LogP contribution < -0.4 is 0 Å². The highest BCUT2D eigenvalue weighted by molar-refractivity contribution is 6.09. The lowest BCUT2D eigenvalue weighted by Crippen LogP contribution is -2.12. The van der Waals surface area contributed by atoms with E-state index in [4.69, 9.17) is 4.98 Å². The SMILES string of the molecule is Cc1ccc2c3cc(C(C)(C)C)ccc3n(-c3cc(C(C)(C)C)ccn3)c2c1. The van der Waals surface area contributed by atoms with Crippen LogP contribution >= 0.6 is 0 Å². The van der Waals surface area contributed by atoms with Gasteiger partial charge in [-0.05, 0) is 64.8 Å². The van der Waals surface area contributed by atoms with Crippen LogP contribution in [0.1, 0.15) is 58.2 Å². The largest absolute Gasteiger partial charge is 0.294 e. The summed E-state index contributed by atoms with van der Waals surface area (Å²) in [6.45, 7) is 15.7. The van der Waals surface area contributed by atoms with Gasteiger partial charge in [0.1, 0.15) is 5.82 Å². The molecule has 0 atom stereocenters. The lowest BCUT2D eigenvalue weighted by atomic mass is 9.86. The van der Waals surface area contributed by atoms with E-state index in [1.54, 1.807) is 0 Å². The molecular weight excluding hydrogens is 340 g/mol. The molecule has 0 fully saturated rings. The molecule has 2 heteroatoms. The molecule has 28 heavy (non-hydrogen) atoms. The van der Waals surface area contributed by atoms with Crippen molar-refractivity contribution in [3.05, 3.63) is 71.4 Å². The Kier molecular flexibility index (Phi) is 4.15. The Morgan fingerprint density at radius 3 is 2.04 bits per heavy atom. The minimum absolute atomic E-state index is 0.0891. The van der Waals surface area contributed by atoms with Crippen molar-refractivity contribution < 1.29 is 0 Å². The lowest BCUT2D eigenvalue weighted by Gasteiger charge is -2.20. The smallest absolute Gasteiger partial charge is 0.137 e. The Morgan fingerprint density at radius 1 is 0.679 bits per heavy atom. The predicted molar refractivity (Wildman–Crippen MR) is 121 cm³/mol. The summed E-state index contributed by atoms with van der Waals surface area (Å²) < 4.78 is 2.32. The lowest BCUT2D eigenvalue weighted by molar-refractivity contribution is 0.588. The fourth-order valence-corrected chi connectivity index (χ4v) is 3.85. The number of aromatic nitrogens is 2. The third kappa shape index (κ3) is 3.11. The van der Waals surface area contributed by atoms with Crippen molar-refractivity contribution in [2.24, 2.45) is 0 Å². The van der Waals surface area contributed by atoms with Gasteiger partial charge in [-0.15, -0.1) is 0 Å². The minimum atomic E-state index is 0.0891. The molecule has 4 aromatic rings. The molecule has 4 rings (SSSR count). The molecule has 0 saturated heterocycles. The zero-order valence-corrected chi connectivity index (χ0v) is 18.1. The summed E-state index contributed by atoms with van der Waals surface area (Å²) in [5.74, 6) is 0.988. The average molecular weight is 371 g/mol. The van der Waals surface area contributed by atoms with Gasteiger partial charge in [-0.25, -0.2) is 4.98 Å². The molecule has 0 unspecified atom stereocenters. The zero-order valence-electron chi connectivity index (χ0n) is 18.1. The Hall–Kier alpha value is -2.61. The van der Waals surface area contributed by atoms with Crippen LogP contribution in [0.25, 0.3) is 27.6 Å². The second-order valence-corrected chi connectivity index (χ2v) is 9.99. The Balaban J connectivity index is 2.09. The first-order valence-electron chi connectivity index (χ1n) is 10.1. The quantitative estimate of drug-likeness (QED) is 0.350. The third-order valence-corrected chi connectivity index (χ3v) is 5.63. The molecule has 0 bridgehead atoms. The average Bonchev–Trinajstić information content (AvgIpc) is 2.93. The summed E-state index contributed by atoms with van der Waals surface area (Å²) in [6.07, 6.45) is 1.94. The molecule has 0 N–H and O–H groups in total. The first-order chi connectivity index (χ1) is 13.1. The monoisotopic (exact) mass is 370 g/mol. The second kappa shape index (κ2) is 6.20. The molecule has 144 valence electrons. The fraction of sp³-hybridized carbons (Fsp3) is 0.346. The Labute approximate surface area is 168 Å². The summed E-state index contributed by atoms with van der Waals surface area (Å²) >= 11 is 0. The van der Waals surface area contributed by atoms with Gasteiger partial charge in [0, 0.05) is 17.0 Å². The van der Waals surface area contributed by atoms with Gasteiger partial charge in [-0.3, -0.25) is 4.57 Å². The molecule has 0 aliphatic carbocycles. The standard InChI is InChI=1S/C26H30N2/c1-17-8-10-20-21-15-18(25(2,3)4)9-11-22(21)28(23(20)14-17)24-16-19(12-13-27-24)26(5,6)7/h8-16H,1-7H3. The van der Waals surface area contributed by atoms with Crippen molar-refractivity contribution >= 4 is 21.8 Å². The van der Waals surface area contributed by atoms with Crippen molar-refractivity contribution in [1.82, 2.24) is 9.55 Å². The highest BCUT2D eigenvalue weighted by Crippen LogP contribution is 2.35. The van der Waals surface area contributed by atoms with E-state index in [0.29, 0.717) is 0 Å². The van der Waals surface area contributed by atoms with E-state index in [1.165, 1.54) is 38.5 Å². The van der Waals surface area contributed by atoms with Gasteiger partial charge in [0.25, 0.3) is 0 Å². The predicted octanol–water partition coefficient (Wildman–Crippen LogP) is 7.08. The molecule has 2 heterocycles. The molecule has 2 aromatic carbocycles. The second-order valence-electron chi connectivity index (χ2n) is 9.99. The Bertz CT molecular complexity index is 1180. The van der Waals surface area contributed by atoms with E-state index in [0.717, 1.165) is 5.82 Å². The topological polar surface area (TPSA) is 17.8 Å². The Morgan fingerprint density at radius 2 is 1.36 bits per heavy atom. The first kappa shape index (κ1) is 18.7. The van der Waals surface area contributed by atoms with Gasteiger partial charge in [0.15, 0.2) is 0 Å². The maximum absolute atomic E-state index is 4.76. The van der Waals surface area contributed by atoms with Crippen LogP contribution in [0.4, 0.5) is 0 Å².